The molecule has 2 N–H and O–H groups in total. The number of nitrogens with zero attached hydrogens (tertiary/aromatic N) is 5. The fraction of sp³-hybridized carbons (Fsp3) is 0.212. The molecule has 0 unspecified atom stereocenters. The van der Waals surface area contributed by atoms with E-state index in [0.717, 1.165) is 82.7 Å². The van der Waals surface area contributed by atoms with E-state index in [9.17, 15) is 9.59 Å². The Bertz CT molecular complexity index is 1880. The fourth-order valence-corrected chi connectivity index (χ4v) is 6.40. The third kappa shape index (κ3) is 5.84. The zero-order valence-corrected chi connectivity index (χ0v) is 24.2. The van der Waals surface area contributed by atoms with Crippen LogP contribution in [0.25, 0.3) is 39.0 Å². The zero-order valence-electron chi connectivity index (χ0n) is 23.4. The van der Waals surface area contributed by atoms with E-state index >= 15 is 0 Å². The number of rotatable bonds is 7. The fourth-order valence-electron chi connectivity index (χ4n) is 5.73. The second-order valence-electron chi connectivity index (χ2n) is 10.8. The van der Waals surface area contributed by atoms with Crippen molar-refractivity contribution in [3.8, 4) is 11.3 Å². The molecule has 7 rings (SSSR count). The minimum Gasteiger partial charge on any atom is -0.341 e. The number of carbonyl (C=O) groups excluding carboxylic acids is 2. The molecule has 10 heteroatoms. The Morgan fingerprint density at radius 3 is 2.63 bits per heavy atom. The van der Waals surface area contributed by atoms with Crippen molar-refractivity contribution in [3.63, 3.8) is 0 Å². The van der Waals surface area contributed by atoms with Gasteiger partial charge >= 0.3 is 0 Å². The number of pyridine rings is 2. The summed E-state index contributed by atoms with van der Waals surface area (Å²) in [5.74, 6) is 0.789. The van der Waals surface area contributed by atoms with Gasteiger partial charge in [-0.05, 0) is 72.3 Å². The molecule has 214 valence electrons. The van der Waals surface area contributed by atoms with Crippen LogP contribution in [-0.4, -0.2) is 50.7 Å². The standard InChI is InChI=1S/C33H29N7O2S/c41-31-29(43-33(42)39-31)16-25-9-12-36-32(37-25)40-13-10-21(11-14-40)17-34-19-24-15-22-5-2-4-8-28(22)38-30(24)27-20-35-18-23-6-1-3-7-26(23)27/h1-9,12,15-16,18,20-21,34H,10-11,13-14,17,19H2,(H,39,41,42). The van der Waals surface area contributed by atoms with Crippen LogP contribution in [0.2, 0.25) is 0 Å². The lowest BCUT2D eigenvalue weighted by atomic mass is 9.96. The normalized spacial score (nSPS) is 16.8. The van der Waals surface area contributed by atoms with Crippen LogP contribution in [0.4, 0.5) is 10.7 Å². The molecule has 2 fully saturated rings. The highest BCUT2D eigenvalue weighted by atomic mass is 32.2. The molecule has 0 aliphatic carbocycles. The monoisotopic (exact) mass is 587 g/mol. The Morgan fingerprint density at radius 2 is 1.79 bits per heavy atom. The number of thioether (sulfide) groups is 1. The van der Waals surface area contributed by atoms with Crippen LogP contribution < -0.4 is 15.5 Å². The first-order chi connectivity index (χ1) is 21.1. The molecule has 2 aliphatic heterocycles. The molecule has 2 saturated heterocycles. The Kier molecular flexibility index (Phi) is 7.53. The van der Waals surface area contributed by atoms with Gasteiger partial charge in [-0.25, -0.2) is 15.0 Å². The van der Waals surface area contributed by atoms with Crippen LogP contribution in [0.3, 0.4) is 0 Å². The molecule has 2 aliphatic rings. The summed E-state index contributed by atoms with van der Waals surface area (Å²) < 4.78 is 0. The van der Waals surface area contributed by atoms with Gasteiger partial charge in [0.1, 0.15) is 0 Å². The maximum Gasteiger partial charge on any atom is 0.290 e. The van der Waals surface area contributed by atoms with Crippen molar-refractivity contribution in [1.82, 2.24) is 30.6 Å². The SMILES string of the molecule is O=C1NC(=O)C(=Cc2ccnc(N3CCC(CNCc4cc5ccccc5nc4-c4cncc5ccccc45)CC3)n2)S1. The Morgan fingerprint density at radius 1 is 0.977 bits per heavy atom. The van der Waals surface area contributed by atoms with Crippen molar-refractivity contribution < 1.29 is 9.59 Å². The summed E-state index contributed by atoms with van der Waals surface area (Å²) in [6.45, 7) is 3.32. The van der Waals surface area contributed by atoms with Crippen molar-refractivity contribution in [1.29, 1.82) is 0 Å². The van der Waals surface area contributed by atoms with Crippen LogP contribution in [0.5, 0.6) is 0 Å². The lowest BCUT2D eigenvalue weighted by Crippen LogP contribution is -2.38. The molecule has 2 aromatic carbocycles. The average Bonchev–Trinajstić information content (AvgIpc) is 3.36. The third-order valence-corrected chi connectivity index (χ3v) is 8.77. The number of nitrogens with one attached hydrogen (secondary N) is 2. The van der Waals surface area contributed by atoms with E-state index in [4.69, 9.17) is 4.98 Å². The minimum absolute atomic E-state index is 0.348. The van der Waals surface area contributed by atoms with Crippen LogP contribution in [0.1, 0.15) is 24.1 Å². The molecule has 0 atom stereocenters. The molecule has 0 spiro atoms. The summed E-state index contributed by atoms with van der Waals surface area (Å²) in [4.78, 5) is 44.6. The number of carbonyl (C=O) groups is 2. The summed E-state index contributed by atoms with van der Waals surface area (Å²) in [7, 11) is 0. The van der Waals surface area contributed by atoms with Gasteiger partial charge in [-0.2, -0.15) is 0 Å². The van der Waals surface area contributed by atoms with Crippen molar-refractivity contribution in [3.05, 3.63) is 95.4 Å². The number of aromatic nitrogens is 4. The van der Waals surface area contributed by atoms with Crippen molar-refractivity contribution >= 4 is 56.6 Å². The van der Waals surface area contributed by atoms with E-state index in [1.54, 1.807) is 18.3 Å². The molecular formula is C33H29N7O2S. The number of hydrogen-bond acceptors (Lipinski definition) is 9. The molecule has 0 radical (unpaired) electrons. The van der Waals surface area contributed by atoms with Crippen LogP contribution in [-0.2, 0) is 11.3 Å². The second kappa shape index (κ2) is 11.9. The zero-order chi connectivity index (χ0) is 29.2. The van der Waals surface area contributed by atoms with Crippen molar-refractivity contribution in [2.75, 3.05) is 24.5 Å². The van der Waals surface area contributed by atoms with Gasteiger partial charge < -0.3 is 10.2 Å². The third-order valence-electron chi connectivity index (χ3n) is 7.96. The number of para-hydroxylation sites is 1. The highest BCUT2D eigenvalue weighted by molar-refractivity contribution is 8.18. The molecule has 2 amide bonds. The Labute approximate surface area is 252 Å². The largest absolute Gasteiger partial charge is 0.341 e. The molecule has 0 bridgehead atoms. The Hall–Kier alpha value is -4.67. The topological polar surface area (TPSA) is 113 Å². The van der Waals surface area contributed by atoms with Gasteiger partial charge in [-0.15, -0.1) is 0 Å². The van der Waals surface area contributed by atoms with Crippen molar-refractivity contribution in [2.24, 2.45) is 5.92 Å². The van der Waals surface area contributed by atoms with E-state index in [-0.39, 0.29) is 11.1 Å². The first-order valence-electron chi connectivity index (χ1n) is 14.4. The quantitative estimate of drug-likeness (QED) is 0.236. The maximum atomic E-state index is 11.9. The van der Waals surface area contributed by atoms with E-state index in [1.165, 1.54) is 0 Å². The molecule has 9 nitrogen and oxygen atoms in total. The van der Waals surface area contributed by atoms with Gasteiger partial charge in [0, 0.05) is 54.6 Å². The highest BCUT2D eigenvalue weighted by Gasteiger charge is 2.26. The number of anilines is 1. The lowest BCUT2D eigenvalue weighted by Gasteiger charge is -2.32. The molecular weight excluding hydrogens is 558 g/mol. The van der Waals surface area contributed by atoms with Crippen LogP contribution >= 0.6 is 11.8 Å². The first kappa shape index (κ1) is 27.2. The first-order valence-corrected chi connectivity index (χ1v) is 15.2. The van der Waals surface area contributed by atoms with Gasteiger partial charge in [-0.1, -0.05) is 42.5 Å². The van der Waals surface area contributed by atoms with Gasteiger partial charge in [0.25, 0.3) is 11.1 Å². The Balaban J connectivity index is 1.02. The number of amides is 2. The van der Waals surface area contributed by atoms with E-state index in [0.29, 0.717) is 29.0 Å². The molecule has 5 aromatic rings. The summed E-state index contributed by atoms with van der Waals surface area (Å²) in [5.41, 5.74) is 4.76. The van der Waals surface area contributed by atoms with Gasteiger partial charge in [0.2, 0.25) is 5.95 Å². The maximum absolute atomic E-state index is 11.9. The molecule has 5 heterocycles. The number of piperidine rings is 1. The van der Waals surface area contributed by atoms with Crippen LogP contribution in [0, 0.1) is 5.92 Å². The van der Waals surface area contributed by atoms with E-state index in [2.05, 4.69) is 72.9 Å². The summed E-state index contributed by atoms with van der Waals surface area (Å²) in [6, 6.07) is 20.6. The average molecular weight is 588 g/mol. The van der Waals surface area contributed by atoms with Crippen molar-refractivity contribution in [2.45, 2.75) is 19.4 Å². The lowest BCUT2D eigenvalue weighted by molar-refractivity contribution is -0.115. The summed E-state index contributed by atoms with van der Waals surface area (Å²) >= 11 is 0.890. The molecule has 43 heavy (non-hydrogen) atoms. The predicted octanol–water partition coefficient (Wildman–Crippen LogP) is 5.57. The van der Waals surface area contributed by atoms with E-state index < -0.39 is 0 Å². The van der Waals surface area contributed by atoms with E-state index in [1.807, 2.05) is 24.5 Å². The van der Waals surface area contributed by atoms with Gasteiger partial charge in [-0.3, -0.25) is 19.9 Å². The highest BCUT2D eigenvalue weighted by Crippen LogP contribution is 2.31. The smallest absolute Gasteiger partial charge is 0.290 e. The number of fused-ring (bicyclic) bond motifs is 2. The van der Waals surface area contributed by atoms with Crippen LogP contribution in [0.15, 0.2) is 84.2 Å². The molecule has 3 aromatic heterocycles. The summed E-state index contributed by atoms with van der Waals surface area (Å²) in [5, 5.41) is 9.01. The predicted molar refractivity (Wildman–Crippen MR) is 170 cm³/mol. The van der Waals surface area contributed by atoms with Gasteiger partial charge in [0.05, 0.1) is 21.8 Å². The van der Waals surface area contributed by atoms with Gasteiger partial charge in [0.15, 0.2) is 0 Å². The summed E-state index contributed by atoms with van der Waals surface area (Å²) in [6.07, 6.45) is 9.19. The number of imide groups is 1. The number of benzene rings is 2. The number of hydrogen-bond donors (Lipinski definition) is 2. The minimum atomic E-state index is -0.385. The molecule has 0 saturated carbocycles. The second-order valence-corrected chi connectivity index (χ2v) is 11.8.